The monoisotopic (exact) mass is 383 g/mol. The molecule has 0 unspecified atom stereocenters. The molecule has 0 atom stereocenters. The second-order valence-electron chi connectivity index (χ2n) is 3.59. The Morgan fingerprint density at radius 3 is 2.53 bits per heavy atom. The number of alkyl halides is 2. The Bertz CT molecular complexity index is 526. The molecule has 7 heteroatoms. The maximum atomic E-state index is 12.2. The predicted octanol–water partition coefficient (Wildman–Crippen LogP) is 6.09. The van der Waals surface area contributed by atoms with Crippen LogP contribution in [-0.2, 0) is 6.54 Å². The van der Waals surface area contributed by atoms with Gasteiger partial charge in [-0.2, -0.15) is 8.78 Å². The maximum absolute atomic E-state index is 12.2. The van der Waals surface area contributed by atoms with E-state index in [0.29, 0.717) is 23.2 Å². The number of rotatable bonds is 5. The van der Waals surface area contributed by atoms with Gasteiger partial charge in [-0.1, -0.05) is 23.4 Å². The Balaban J connectivity index is 1.92. The number of halogens is 4. The number of thioether (sulfide) groups is 1. The van der Waals surface area contributed by atoms with Crippen molar-refractivity contribution in [3.8, 4) is 0 Å². The van der Waals surface area contributed by atoms with Gasteiger partial charge in [0.2, 0.25) is 0 Å². The highest BCUT2D eigenvalue weighted by molar-refractivity contribution is 9.10. The van der Waals surface area contributed by atoms with E-state index in [9.17, 15) is 8.78 Å². The molecule has 1 nitrogen and oxygen atoms in total. The van der Waals surface area contributed by atoms with Gasteiger partial charge in [-0.05, 0) is 46.3 Å². The minimum atomic E-state index is -2.38. The molecule has 0 spiro atoms. The highest BCUT2D eigenvalue weighted by Gasteiger charge is 2.06. The first-order chi connectivity index (χ1) is 9.04. The van der Waals surface area contributed by atoms with Gasteiger partial charge < -0.3 is 5.32 Å². The number of thiophene rings is 1. The van der Waals surface area contributed by atoms with Gasteiger partial charge in [0.05, 0.1) is 0 Å². The highest BCUT2D eigenvalue weighted by atomic mass is 79.9. The summed E-state index contributed by atoms with van der Waals surface area (Å²) < 4.78 is 25.9. The van der Waals surface area contributed by atoms with Gasteiger partial charge in [0.25, 0.3) is 5.76 Å². The highest BCUT2D eigenvalue weighted by Crippen LogP contribution is 2.32. The minimum Gasteiger partial charge on any atom is -0.380 e. The molecular formula is C12H9BrClF2NS2. The van der Waals surface area contributed by atoms with Crippen LogP contribution in [0.3, 0.4) is 0 Å². The molecule has 0 amide bonds. The first kappa shape index (κ1) is 15.1. The average Bonchev–Trinajstić information content (AvgIpc) is 2.67. The van der Waals surface area contributed by atoms with Gasteiger partial charge in [0, 0.05) is 26.5 Å². The Kier molecular flexibility index (Phi) is 5.50. The molecule has 0 saturated heterocycles. The molecule has 1 aromatic carbocycles. The molecule has 19 heavy (non-hydrogen) atoms. The summed E-state index contributed by atoms with van der Waals surface area (Å²) in [5, 5.41) is 3.22. The maximum Gasteiger partial charge on any atom is 0.288 e. The van der Waals surface area contributed by atoms with Gasteiger partial charge in [-0.15, -0.1) is 11.3 Å². The van der Waals surface area contributed by atoms with Crippen molar-refractivity contribution in [2.75, 3.05) is 5.32 Å². The van der Waals surface area contributed by atoms with E-state index in [2.05, 4.69) is 21.2 Å². The molecular weight excluding hydrogens is 376 g/mol. The Labute approximate surface area is 131 Å². The van der Waals surface area contributed by atoms with Crippen molar-refractivity contribution in [3.63, 3.8) is 0 Å². The van der Waals surface area contributed by atoms with Crippen molar-refractivity contribution in [1.82, 2.24) is 0 Å². The summed E-state index contributed by atoms with van der Waals surface area (Å²) in [5.74, 6) is -2.38. The summed E-state index contributed by atoms with van der Waals surface area (Å²) in [6, 6.07) is 8.89. The lowest BCUT2D eigenvalue weighted by atomic mass is 10.3. The van der Waals surface area contributed by atoms with Gasteiger partial charge in [-0.3, -0.25) is 0 Å². The van der Waals surface area contributed by atoms with Crippen molar-refractivity contribution in [2.45, 2.75) is 17.2 Å². The van der Waals surface area contributed by atoms with Crippen molar-refractivity contribution in [1.29, 1.82) is 0 Å². The van der Waals surface area contributed by atoms with E-state index in [1.807, 2.05) is 6.07 Å². The quantitative estimate of drug-likeness (QED) is 0.626. The molecule has 0 aliphatic rings. The first-order valence-corrected chi connectivity index (χ1v) is 8.14. The second-order valence-corrected chi connectivity index (χ2v) is 7.25. The largest absolute Gasteiger partial charge is 0.380 e. The summed E-state index contributed by atoms with van der Waals surface area (Å²) in [5.41, 5.74) is 0.888. The lowest BCUT2D eigenvalue weighted by Crippen LogP contribution is -1.96. The van der Waals surface area contributed by atoms with Crippen LogP contribution in [0.2, 0.25) is 4.34 Å². The Hall–Kier alpha value is -0.300. The first-order valence-electron chi connectivity index (χ1n) is 5.27. The molecule has 0 aliphatic heterocycles. The van der Waals surface area contributed by atoms with Crippen molar-refractivity contribution >= 4 is 56.3 Å². The summed E-state index contributed by atoms with van der Waals surface area (Å²) in [6.45, 7) is 0.650. The van der Waals surface area contributed by atoms with E-state index in [0.717, 1.165) is 19.4 Å². The average molecular weight is 385 g/mol. The third-order valence-electron chi connectivity index (χ3n) is 2.24. The SMILES string of the molecule is FC(F)Sc1ccc(NCc2cc(Br)c(Cl)s2)cc1. The molecule has 1 N–H and O–H groups in total. The van der Waals surface area contributed by atoms with E-state index < -0.39 is 5.76 Å². The van der Waals surface area contributed by atoms with E-state index >= 15 is 0 Å². The van der Waals surface area contributed by atoms with Gasteiger partial charge in [0.15, 0.2) is 0 Å². The third kappa shape index (κ3) is 4.63. The fraction of sp³-hybridized carbons (Fsp3) is 0.167. The summed E-state index contributed by atoms with van der Waals surface area (Å²) in [7, 11) is 0. The van der Waals surface area contributed by atoms with Crippen LogP contribution >= 0.6 is 50.6 Å². The lowest BCUT2D eigenvalue weighted by molar-refractivity contribution is 0.252. The van der Waals surface area contributed by atoms with Crippen LogP contribution in [0.15, 0.2) is 39.7 Å². The van der Waals surface area contributed by atoms with Gasteiger partial charge in [0.1, 0.15) is 4.34 Å². The molecule has 0 aliphatic carbocycles. The number of nitrogens with one attached hydrogen (secondary N) is 1. The smallest absolute Gasteiger partial charge is 0.288 e. The Morgan fingerprint density at radius 1 is 1.32 bits per heavy atom. The normalized spacial score (nSPS) is 11.0. The fourth-order valence-electron chi connectivity index (χ4n) is 1.42. The van der Waals surface area contributed by atoms with Crippen molar-refractivity contribution in [2.24, 2.45) is 0 Å². The van der Waals surface area contributed by atoms with Crippen LogP contribution in [0, 0.1) is 0 Å². The zero-order valence-electron chi connectivity index (χ0n) is 9.50. The molecule has 102 valence electrons. The van der Waals surface area contributed by atoms with E-state index in [-0.39, 0.29) is 0 Å². The lowest BCUT2D eigenvalue weighted by Gasteiger charge is -2.06. The zero-order chi connectivity index (χ0) is 13.8. The minimum absolute atomic E-state index is 0.544. The number of hydrogen-bond donors (Lipinski definition) is 1. The summed E-state index contributed by atoms with van der Waals surface area (Å²) in [6.07, 6.45) is 0. The van der Waals surface area contributed by atoms with E-state index in [1.54, 1.807) is 24.3 Å². The van der Waals surface area contributed by atoms with Crippen LogP contribution in [0.4, 0.5) is 14.5 Å². The van der Waals surface area contributed by atoms with Crippen LogP contribution < -0.4 is 5.32 Å². The summed E-state index contributed by atoms with van der Waals surface area (Å²) in [4.78, 5) is 1.66. The molecule has 0 fully saturated rings. The molecule has 0 radical (unpaired) electrons. The number of anilines is 1. The molecule has 1 heterocycles. The Morgan fingerprint density at radius 2 is 2.00 bits per heavy atom. The van der Waals surface area contributed by atoms with Crippen LogP contribution in [0.5, 0.6) is 0 Å². The predicted molar refractivity (Wildman–Crippen MR) is 82.7 cm³/mol. The van der Waals surface area contributed by atoms with Gasteiger partial charge in [-0.25, -0.2) is 0 Å². The van der Waals surface area contributed by atoms with E-state index in [1.165, 1.54) is 11.3 Å². The number of benzene rings is 1. The molecule has 1 aromatic heterocycles. The molecule has 2 aromatic rings. The number of hydrogen-bond acceptors (Lipinski definition) is 3. The van der Waals surface area contributed by atoms with Gasteiger partial charge >= 0.3 is 0 Å². The second kappa shape index (κ2) is 6.92. The van der Waals surface area contributed by atoms with Crippen LogP contribution in [0.25, 0.3) is 0 Å². The van der Waals surface area contributed by atoms with Crippen LogP contribution in [-0.4, -0.2) is 5.76 Å². The van der Waals surface area contributed by atoms with Crippen LogP contribution in [0.1, 0.15) is 4.88 Å². The standard InChI is InChI=1S/C12H9BrClF2NS2/c13-10-5-9(18-11(10)14)6-17-7-1-3-8(4-2-7)19-12(15)16/h1-5,12,17H,6H2. The zero-order valence-corrected chi connectivity index (χ0v) is 13.5. The van der Waals surface area contributed by atoms with E-state index in [4.69, 9.17) is 11.6 Å². The summed E-state index contributed by atoms with van der Waals surface area (Å²) >= 11 is 11.3. The molecule has 2 rings (SSSR count). The molecule has 0 saturated carbocycles. The topological polar surface area (TPSA) is 12.0 Å². The van der Waals surface area contributed by atoms with Crippen molar-refractivity contribution in [3.05, 3.63) is 44.0 Å². The van der Waals surface area contributed by atoms with Crippen molar-refractivity contribution < 1.29 is 8.78 Å². The third-order valence-corrected chi connectivity index (χ3v) is 5.44. The fourth-order valence-corrected chi connectivity index (χ4v) is 3.65. The molecule has 0 bridgehead atoms.